The second-order valence-corrected chi connectivity index (χ2v) is 4.72. The van der Waals surface area contributed by atoms with Gasteiger partial charge in [0.25, 0.3) is 0 Å². The fourth-order valence-corrected chi connectivity index (χ4v) is 1.98. The molecule has 0 aromatic heterocycles. The van der Waals surface area contributed by atoms with E-state index in [1.54, 1.807) is 0 Å². The molecule has 2 rings (SSSR count). The lowest BCUT2D eigenvalue weighted by molar-refractivity contribution is 0.311. The second-order valence-electron chi connectivity index (χ2n) is 4.72. The molecule has 2 heteroatoms. The third-order valence-electron chi connectivity index (χ3n) is 3.21. The van der Waals surface area contributed by atoms with Gasteiger partial charge in [0.05, 0.1) is 0 Å². The van der Waals surface area contributed by atoms with E-state index in [9.17, 15) is 0 Å². The molecular weight excluding hydrogens is 234 g/mol. The van der Waals surface area contributed by atoms with Crippen LogP contribution in [-0.4, -0.2) is 13.2 Å². The molecular formula is C17H21NO. The minimum Gasteiger partial charge on any atom is -0.492 e. The van der Waals surface area contributed by atoms with Crippen LogP contribution >= 0.6 is 0 Å². The van der Waals surface area contributed by atoms with Crippen molar-refractivity contribution < 1.29 is 4.74 Å². The topological polar surface area (TPSA) is 21.3 Å². The SMILES string of the molecule is Cc1ccccc1CNCCOc1ccccc1C. The third kappa shape index (κ3) is 4.11. The van der Waals surface area contributed by atoms with Crippen LogP contribution in [-0.2, 0) is 6.54 Å². The van der Waals surface area contributed by atoms with E-state index in [1.165, 1.54) is 16.7 Å². The Balaban J connectivity index is 1.71. The average Bonchev–Trinajstić information content (AvgIpc) is 2.42. The zero-order valence-corrected chi connectivity index (χ0v) is 11.6. The van der Waals surface area contributed by atoms with E-state index in [-0.39, 0.29) is 0 Å². The number of aryl methyl sites for hydroxylation is 2. The summed E-state index contributed by atoms with van der Waals surface area (Å²) < 4.78 is 5.74. The van der Waals surface area contributed by atoms with E-state index >= 15 is 0 Å². The Hall–Kier alpha value is -1.80. The molecule has 0 radical (unpaired) electrons. The zero-order valence-electron chi connectivity index (χ0n) is 11.6. The Kier molecular flexibility index (Phi) is 4.99. The van der Waals surface area contributed by atoms with Crippen LogP contribution < -0.4 is 10.1 Å². The van der Waals surface area contributed by atoms with Crippen LogP contribution in [0.2, 0.25) is 0 Å². The van der Waals surface area contributed by atoms with Crippen LogP contribution in [0.5, 0.6) is 5.75 Å². The first kappa shape index (κ1) is 13.6. The summed E-state index contributed by atoms with van der Waals surface area (Å²) in [4.78, 5) is 0. The molecule has 0 aliphatic rings. The molecule has 1 N–H and O–H groups in total. The van der Waals surface area contributed by atoms with Crippen LogP contribution in [0.4, 0.5) is 0 Å². The summed E-state index contributed by atoms with van der Waals surface area (Å²) in [7, 11) is 0. The van der Waals surface area contributed by atoms with Crippen molar-refractivity contribution in [1.29, 1.82) is 0 Å². The summed E-state index contributed by atoms with van der Waals surface area (Å²) in [6, 6.07) is 16.5. The minimum atomic E-state index is 0.691. The molecule has 2 nitrogen and oxygen atoms in total. The van der Waals surface area contributed by atoms with Gasteiger partial charge in [-0.05, 0) is 36.6 Å². The largest absolute Gasteiger partial charge is 0.492 e. The molecule has 0 saturated carbocycles. The van der Waals surface area contributed by atoms with Crippen LogP contribution in [0.1, 0.15) is 16.7 Å². The van der Waals surface area contributed by atoms with Crippen molar-refractivity contribution >= 4 is 0 Å². The van der Waals surface area contributed by atoms with Crippen molar-refractivity contribution in [2.24, 2.45) is 0 Å². The van der Waals surface area contributed by atoms with Gasteiger partial charge in [-0.2, -0.15) is 0 Å². The number of rotatable bonds is 6. The van der Waals surface area contributed by atoms with E-state index in [0.717, 1.165) is 18.8 Å². The monoisotopic (exact) mass is 255 g/mol. The fourth-order valence-electron chi connectivity index (χ4n) is 1.98. The molecule has 0 atom stereocenters. The highest BCUT2D eigenvalue weighted by Gasteiger charge is 1.98. The summed E-state index contributed by atoms with van der Waals surface area (Å²) >= 11 is 0. The lowest BCUT2D eigenvalue weighted by Gasteiger charge is -2.10. The Morgan fingerprint density at radius 3 is 2.32 bits per heavy atom. The fraction of sp³-hybridized carbons (Fsp3) is 0.294. The van der Waals surface area contributed by atoms with Gasteiger partial charge in [-0.25, -0.2) is 0 Å². The molecule has 0 bridgehead atoms. The maximum absolute atomic E-state index is 5.74. The summed E-state index contributed by atoms with van der Waals surface area (Å²) in [6.45, 7) is 6.64. The maximum atomic E-state index is 5.74. The second kappa shape index (κ2) is 6.95. The number of ether oxygens (including phenoxy) is 1. The molecule has 0 amide bonds. The maximum Gasteiger partial charge on any atom is 0.122 e. The molecule has 2 aromatic carbocycles. The Bertz CT molecular complexity index is 475. The molecule has 0 heterocycles. The predicted molar refractivity (Wildman–Crippen MR) is 79.6 cm³/mol. The molecule has 2 aromatic rings. The standard InChI is InChI=1S/C17H21NO/c1-14-7-3-5-9-16(14)13-18-11-12-19-17-10-6-4-8-15(17)2/h3-10,18H,11-13H2,1-2H3. The lowest BCUT2D eigenvalue weighted by atomic mass is 10.1. The van der Waals surface area contributed by atoms with Gasteiger partial charge < -0.3 is 10.1 Å². The van der Waals surface area contributed by atoms with E-state index in [1.807, 2.05) is 18.2 Å². The normalized spacial score (nSPS) is 10.4. The summed E-state index contributed by atoms with van der Waals surface area (Å²) in [5.41, 5.74) is 3.86. The van der Waals surface area contributed by atoms with E-state index in [4.69, 9.17) is 4.74 Å². The van der Waals surface area contributed by atoms with Crippen molar-refractivity contribution in [3.05, 3.63) is 65.2 Å². The Morgan fingerprint density at radius 1 is 0.895 bits per heavy atom. The molecule has 19 heavy (non-hydrogen) atoms. The van der Waals surface area contributed by atoms with Gasteiger partial charge in [0.1, 0.15) is 12.4 Å². The van der Waals surface area contributed by atoms with Crippen molar-refractivity contribution in [2.45, 2.75) is 20.4 Å². The molecule has 0 aliphatic heterocycles. The summed E-state index contributed by atoms with van der Waals surface area (Å²) in [5, 5.41) is 3.41. The van der Waals surface area contributed by atoms with Crippen molar-refractivity contribution in [3.63, 3.8) is 0 Å². The van der Waals surface area contributed by atoms with Crippen LogP contribution in [0.25, 0.3) is 0 Å². The smallest absolute Gasteiger partial charge is 0.122 e. The number of hydrogen-bond donors (Lipinski definition) is 1. The highest BCUT2D eigenvalue weighted by molar-refractivity contribution is 5.31. The lowest BCUT2D eigenvalue weighted by Crippen LogP contribution is -2.21. The van der Waals surface area contributed by atoms with E-state index in [0.29, 0.717) is 6.61 Å². The average molecular weight is 255 g/mol. The molecule has 100 valence electrons. The van der Waals surface area contributed by atoms with Gasteiger partial charge >= 0.3 is 0 Å². The molecule has 0 spiro atoms. The highest BCUT2D eigenvalue weighted by atomic mass is 16.5. The number of para-hydroxylation sites is 1. The van der Waals surface area contributed by atoms with Gasteiger partial charge in [0, 0.05) is 13.1 Å². The Morgan fingerprint density at radius 2 is 1.58 bits per heavy atom. The number of nitrogens with one attached hydrogen (secondary N) is 1. The minimum absolute atomic E-state index is 0.691. The van der Waals surface area contributed by atoms with Gasteiger partial charge in [0.2, 0.25) is 0 Å². The van der Waals surface area contributed by atoms with Crippen molar-refractivity contribution in [1.82, 2.24) is 5.32 Å². The van der Waals surface area contributed by atoms with E-state index < -0.39 is 0 Å². The molecule has 0 fully saturated rings. The number of hydrogen-bond acceptors (Lipinski definition) is 2. The molecule has 0 unspecified atom stereocenters. The van der Waals surface area contributed by atoms with Gasteiger partial charge in [-0.15, -0.1) is 0 Å². The first-order chi connectivity index (χ1) is 9.27. The van der Waals surface area contributed by atoms with Gasteiger partial charge in [-0.1, -0.05) is 42.5 Å². The summed E-state index contributed by atoms with van der Waals surface area (Å²) in [6.07, 6.45) is 0. The van der Waals surface area contributed by atoms with Crippen LogP contribution in [0.3, 0.4) is 0 Å². The zero-order chi connectivity index (χ0) is 13.5. The van der Waals surface area contributed by atoms with Gasteiger partial charge in [0.15, 0.2) is 0 Å². The van der Waals surface area contributed by atoms with Gasteiger partial charge in [-0.3, -0.25) is 0 Å². The van der Waals surface area contributed by atoms with Crippen LogP contribution in [0, 0.1) is 13.8 Å². The predicted octanol–water partition coefficient (Wildman–Crippen LogP) is 3.47. The third-order valence-corrected chi connectivity index (χ3v) is 3.21. The Labute approximate surface area is 115 Å². The first-order valence-electron chi connectivity index (χ1n) is 6.71. The van der Waals surface area contributed by atoms with Crippen molar-refractivity contribution in [3.8, 4) is 5.75 Å². The first-order valence-corrected chi connectivity index (χ1v) is 6.71. The highest BCUT2D eigenvalue weighted by Crippen LogP contribution is 2.15. The molecule has 0 aliphatic carbocycles. The molecule has 0 saturated heterocycles. The van der Waals surface area contributed by atoms with Crippen LogP contribution in [0.15, 0.2) is 48.5 Å². The van der Waals surface area contributed by atoms with E-state index in [2.05, 4.69) is 49.5 Å². The summed E-state index contributed by atoms with van der Waals surface area (Å²) in [5.74, 6) is 0.972. The van der Waals surface area contributed by atoms with Crippen molar-refractivity contribution in [2.75, 3.05) is 13.2 Å². The quantitative estimate of drug-likeness (QED) is 0.798. The number of benzene rings is 2.